The number of hydrogen-bond acceptors (Lipinski definition) is 3. The van der Waals surface area contributed by atoms with Crippen molar-refractivity contribution in [3.63, 3.8) is 0 Å². The average Bonchev–Trinajstić information content (AvgIpc) is 2.64. The Bertz CT molecular complexity index is 683. The highest BCUT2D eigenvalue weighted by Crippen LogP contribution is 2.28. The van der Waals surface area contributed by atoms with Crippen LogP contribution in [0.5, 0.6) is 11.5 Å². The SMILES string of the molecule is COc1ccc(CCC(=O)NC(c2ccccc2)C(C)C)cc1OC. The molecular formula is C21H27NO3. The Labute approximate surface area is 150 Å². The van der Waals surface area contributed by atoms with Crippen LogP contribution in [0.15, 0.2) is 48.5 Å². The van der Waals surface area contributed by atoms with E-state index in [2.05, 4.69) is 31.3 Å². The lowest BCUT2D eigenvalue weighted by Gasteiger charge is -2.23. The summed E-state index contributed by atoms with van der Waals surface area (Å²) < 4.78 is 10.6. The summed E-state index contributed by atoms with van der Waals surface area (Å²) in [5.41, 5.74) is 2.19. The first-order valence-corrected chi connectivity index (χ1v) is 8.60. The van der Waals surface area contributed by atoms with Gasteiger partial charge in [-0.25, -0.2) is 0 Å². The van der Waals surface area contributed by atoms with Crippen LogP contribution in [0.3, 0.4) is 0 Å². The second-order valence-electron chi connectivity index (χ2n) is 6.39. The molecule has 1 atom stereocenters. The summed E-state index contributed by atoms with van der Waals surface area (Å²) in [5, 5.41) is 3.16. The lowest BCUT2D eigenvalue weighted by Crippen LogP contribution is -2.31. The van der Waals surface area contributed by atoms with E-state index in [1.807, 2.05) is 36.4 Å². The Hall–Kier alpha value is -2.49. The van der Waals surface area contributed by atoms with Gasteiger partial charge >= 0.3 is 0 Å². The molecule has 1 N–H and O–H groups in total. The van der Waals surface area contributed by atoms with E-state index >= 15 is 0 Å². The largest absolute Gasteiger partial charge is 0.493 e. The van der Waals surface area contributed by atoms with Gasteiger partial charge in [-0.15, -0.1) is 0 Å². The molecule has 0 saturated carbocycles. The maximum absolute atomic E-state index is 12.4. The fourth-order valence-electron chi connectivity index (χ4n) is 2.83. The molecule has 2 aromatic rings. The fraction of sp³-hybridized carbons (Fsp3) is 0.381. The van der Waals surface area contributed by atoms with Crippen LogP contribution in [-0.4, -0.2) is 20.1 Å². The molecule has 0 aromatic heterocycles. The Kier molecular flexibility index (Phi) is 6.87. The number of benzene rings is 2. The summed E-state index contributed by atoms with van der Waals surface area (Å²) in [6.45, 7) is 4.23. The minimum absolute atomic E-state index is 0.0269. The van der Waals surface area contributed by atoms with Gasteiger partial charge in [-0.05, 0) is 35.6 Å². The molecule has 134 valence electrons. The third-order valence-electron chi connectivity index (χ3n) is 4.23. The number of amides is 1. The number of nitrogens with one attached hydrogen (secondary N) is 1. The molecule has 0 saturated heterocycles. The molecule has 25 heavy (non-hydrogen) atoms. The second-order valence-corrected chi connectivity index (χ2v) is 6.39. The number of methoxy groups -OCH3 is 2. The zero-order chi connectivity index (χ0) is 18.2. The molecule has 4 nitrogen and oxygen atoms in total. The molecule has 0 aliphatic heterocycles. The van der Waals surface area contributed by atoms with Crippen LogP contribution in [0.4, 0.5) is 0 Å². The zero-order valence-electron chi connectivity index (χ0n) is 15.4. The van der Waals surface area contributed by atoms with E-state index < -0.39 is 0 Å². The first-order chi connectivity index (χ1) is 12.0. The van der Waals surface area contributed by atoms with E-state index in [0.717, 1.165) is 11.1 Å². The summed E-state index contributed by atoms with van der Waals surface area (Å²) in [7, 11) is 3.22. The maximum Gasteiger partial charge on any atom is 0.220 e. The van der Waals surface area contributed by atoms with Gasteiger partial charge in [-0.1, -0.05) is 50.2 Å². The van der Waals surface area contributed by atoms with E-state index in [-0.39, 0.29) is 11.9 Å². The van der Waals surface area contributed by atoms with E-state index in [1.165, 1.54) is 0 Å². The van der Waals surface area contributed by atoms with Crippen molar-refractivity contribution >= 4 is 5.91 Å². The lowest BCUT2D eigenvalue weighted by molar-refractivity contribution is -0.122. The minimum Gasteiger partial charge on any atom is -0.493 e. The van der Waals surface area contributed by atoms with Crippen LogP contribution in [0.2, 0.25) is 0 Å². The van der Waals surface area contributed by atoms with Gasteiger partial charge in [0.25, 0.3) is 0 Å². The number of aryl methyl sites for hydroxylation is 1. The van der Waals surface area contributed by atoms with Crippen LogP contribution < -0.4 is 14.8 Å². The van der Waals surface area contributed by atoms with E-state index in [1.54, 1.807) is 14.2 Å². The predicted molar refractivity (Wildman–Crippen MR) is 100 cm³/mol. The zero-order valence-corrected chi connectivity index (χ0v) is 15.4. The Morgan fingerprint density at radius 2 is 1.68 bits per heavy atom. The normalized spacial score (nSPS) is 11.9. The van der Waals surface area contributed by atoms with Crippen molar-refractivity contribution in [3.8, 4) is 11.5 Å². The van der Waals surface area contributed by atoms with Crippen molar-refractivity contribution in [1.82, 2.24) is 5.32 Å². The van der Waals surface area contributed by atoms with E-state index in [4.69, 9.17) is 9.47 Å². The molecule has 0 spiro atoms. The molecular weight excluding hydrogens is 314 g/mol. The molecule has 0 radical (unpaired) electrons. The van der Waals surface area contributed by atoms with E-state index in [9.17, 15) is 4.79 Å². The van der Waals surface area contributed by atoms with Gasteiger partial charge in [0.05, 0.1) is 20.3 Å². The van der Waals surface area contributed by atoms with Gasteiger partial charge in [0.2, 0.25) is 5.91 Å². The Morgan fingerprint density at radius 1 is 1.00 bits per heavy atom. The number of hydrogen-bond donors (Lipinski definition) is 1. The van der Waals surface area contributed by atoms with Crippen LogP contribution in [0.25, 0.3) is 0 Å². The number of carbonyl (C=O) groups is 1. The smallest absolute Gasteiger partial charge is 0.220 e. The Morgan fingerprint density at radius 3 is 2.28 bits per heavy atom. The highest BCUT2D eigenvalue weighted by atomic mass is 16.5. The third kappa shape index (κ3) is 5.24. The molecule has 4 heteroatoms. The summed E-state index contributed by atoms with van der Waals surface area (Å²) in [5.74, 6) is 1.76. The minimum atomic E-state index is 0.0269. The first-order valence-electron chi connectivity index (χ1n) is 8.60. The molecule has 1 amide bonds. The standard InChI is InChI=1S/C21H27NO3/c1-15(2)21(17-8-6-5-7-9-17)22-20(23)13-11-16-10-12-18(24-3)19(14-16)25-4/h5-10,12,14-15,21H,11,13H2,1-4H3,(H,22,23). The number of rotatable bonds is 8. The van der Waals surface area contributed by atoms with Crippen molar-refractivity contribution < 1.29 is 14.3 Å². The molecule has 0 bridgehead atoms. The third-order valence-corrected chi connectivity index (χ3v) is 4.23. The predicted octanol–water partition coefficient (Wildman–Crippen LogP) is 4.15. The average molecular weight is 341 g/mol. The van der Waals surface area contributed by atoms with Crippen LogP contribution >= 0.6 is 0 Å². The summed E-state index contributed by atoms with van der Waals surface area (Å²) >= 11 is 0. The molecule has 1 unspecified atom stereocenters. The van der Waals surface area contributed by atoms with Crippen molar-refractivity contribution in [2.24, 2.45) is 5.92 Å². The van der Waals surface area contributed by atoms with Gasteiger partial charge in [0.1, 0.15) is 0 Å². The van der Waals surface area contributed by atoms with Crippen LogP contribution in [0.1, 0.15) is 37.4 Å². The molecule has 0 fully saturated rings. The van der Waals surface area contributed by atoms with Crippen molar-refractivity contribution in [3.05, 3.63) is 59.7 Å². The van der Waals surface area contributed by atoms with Crippen molar-refractivity contribution in [1.29, 1.82) is 0 Å². The van der Waals surface area contributed by atoms with Gasteiger partial charge in [-0.3, -0.25) is 4.79 Å². The number of ether oxygens (including phenoxy) is 2. The Balaban J connectivity index is 1.97. The summed E-state index contributed by atoms with van der Waals surface area (Å²) in [6, 6.07) is 15.9. The first kappa shape index (κ1) is 18.8. The molecule has 0 aliphatic rings. The monoisotopic (exact) mass is 341 g/mol. The fourth-order valence-corrected chi connectivity index (χ4v) is 2.83. The van der Waals surface area contributed by atoms with Crippen LogP contribution in [-0.2, 0) is 11.2 Å². The highest BCUT2D eigenvalue weighted by molar-refractivity contribution is 5.76. The molecule has 0 aliphatic carbocycles. The van der Waals surface area contributed by atoms with Gasteiger partial charge in [0, 0.05) is 6.42 Å². The van der Waals surface area contributed by atoms with Crippen LogP contribution in [0, 0.1) is 5.92 Å². The van der Waals surface area contributed by atoms with Gasteiger partial charge < -0.3 is 14.8 Å². The molecule has 0 heterocycles. The topological polar surface area (TPSA) is 47.6 Å². The summed E-state index contributed by atoms with van der Waals surface area (Å²) in [4.78, 5) is 12.4. The second kappa shape index (κ2) is 9.11. The highest BCUT2D eigenvalue weighted by Gasteiger charge is 2.18. The molecule has 2 aromatic carbocycles. The van der Waals surface area contributed by atoms with Gasteiger partial charge in [-0.2, -0.15) is 0 Å². The molecule has 2 rings (SSSR count). The maximum atomic E-state index is 12.4. The number of carbonyl (C=O) groups excluding carboxylic acids is 1. The lowest BCUT2D eigenvalue weighted by atomic mass is 9.96. The van der Waals surface area contributed by atoms with Crippen molar-refractivity contribution in [2.75, 3.05) is 14.2 Å². The quantitative estimate of drug-likeness (QED) is 0.784. The summed E-state index contributed by atoms with van der Waals surface area (Å²) in [6.07, 6.45) is 1.09. The van der Waals surface area contributed by atoms with E-state index in [0.29, 0.717) is 30.3 Å². The van der Waals surface area contributed by atoms with Crippen molar-refractivity contribution in [2.45, 2.75) is 32.7 Å². The van der Waals surface area contributed by atoms with Gasteiger partial charge in [0.15, 0.2) is 11.5 Å².